The van der Waals surface area contributed by atoms with Crippen molar-refractivity contribution in [2.24, 2.45) is 0 Å². The van der Waals surface area contributed by atoms with Crippen LogP contribution in [0.4, 0.5) is 0 Å². The van der Waals surface area contributed by atoms with Crippen LogP contribution in [0.5, 0.6) is 17.2 Å². The molecule has 140 valence electrons. The van der Waals surface area contributed by atoms with Gasteiger partial charge in [-0.3, -0.25) is 4.79 Å². The van der Waals surface area contributed by atoms with Crippen LogP contribution in [0.3, 0.4) is 0 Å². The van der Waals surface area contributed by atoms with Gasteiger partial charge in [-0.15, -0.1) is 0 Å². The molecule has 0 aliphatic rings. The molecule has 1 heterocycles. The summed E-state index contributed by atoms with van der Waals surface area (Å²) in [6, 6.07) is 12.0. The highest BCUT2D eigenvalue weighted by atomic mass is 35.5. The van der Waals surface area contributed by atoms with Gasteiger partial charge in [0.25, 0.3) is 5.91 Å². The van der Waals surface area contributed by atoms with Crippen LogP contribution in [-0.4, -0.2) is 29.8 Å². The number of methoxy groups -OCH3 is 2. The second-order valence-corrected chi connectivity index (χ2v) is 6.19. The number of ether oxygens (including phenoxy) is 2. The number of benzene rings is 2. The molecule has 0 radical (unpaired) electrons. The van der Waals surface area contributed by atoms with Gasteiger partial charge in [0.05, 0.1) is 30.5 Å². The minimum atomic E-state index is -0.320. The maximum atomic E-state index is 12.6. The highest BCUT2D eigenvalue weighted by Gasteiger charge is 2.16. The largest absolute Gasteiger partial charge is 0.504 e. The number of halogens is 1. The molecule has 0 spiro atoms. The average molecular weight is 387 g/mol. The molecule has 0 saturated carbocycles. The van der Waals surface area contributed by atoms with Crippen LogP contribution in [0.25, 0.3) is 5.69 Å². The molecular weight excluding hydrogens is 368 g/mol. The van der Waals surface area contributed by atoms with Crippen molar-refractivity contribution in [1.82, 2.24) is 9.88 Å². The zero-order valence-corrected chi connectivity index (χ0v) is 15.7. The summed E-state index contributed by atoms with van der Waals surface area (Å²) >= 11 is 6.37. The Kier molecular flexibility index (Phi) is 5.57. The van der Waals surface area contributed by atoms with Gasteiger partial charge < -0.3 is 24.5 Å². The second kappa shape index (κ2) is 8.05. The number of hydrogen-bond acceptors (Lipinski definition) is 4. The molecule has 7 heteroatoms. The zero-order valence-electron chi connectivity index (χ0n) is 14.9. The topological polar surface area (TPSA) is 72.7 Å². The van der Waals surface area contributed by atoms with Gasteiger partial charge in [-0.1, -0.05) is 17.7 Å². The van der Waals surface area contributed by atoms with Gasteiger partial charge in [0, 0.05) is 25.0 Å². The Morgan fingerprint density at radius 2 is 1.81 bits per heavy atom. The quantitative estimate of drug-likeness (QED) is 0.676. The fourth-order valence-electron chi connectivity index (χ4n) is 2.69. The van der Waals surface area contributed by atoms with Crippen molar-refractivity contribution in [3.8, 4) is 22.9 Å². The summed E-state index contributed by atoms with van der Waals surface area (Å²) in [5.41, 5.74) is 1.84. The Bertz CT molecular complexity index is 955. The Labute approximate surface area is 161 Å². The Hall–Kier alpha value is -3.12. The predicted molar refractivity (Wildman–Crippen MR) is 103 cm³/mol. The summed E-state index contributed by atoms with van der Waals surface area (Å²) in [6.07, 6.45) is 3.72. The summed E-state index contributed by atoms with van der Waals surface area (Å²) in [5, 5.41) is 12.9. The number of aromatic nitrogens is 1. The van der Waals surface area contributed by atoms with Crippen LogP contribution in [0.15, 0.2) is 54.9 Å². The van der Waals surface area contributed by atoms with Gasteiger partial charge in [-0.2, -0.15) is 0 Å². The van der Waals surface area contributed by atoms with E-state index in [1.165, 1.54) is 20.3 Å². The summed E-state index contributed by atoms with van der Waals surface area (Å²) < 4.78 is 12.3. The molecule has 2 aromatic carbocycles. The van der Waals surface area contributed by atoms with E-state index in [9.17, 15) is 9.90 Å². The van der Waals surface area contributed by atoms with Gasteiger partial charge in [-0.05, 0) is 35.9 Å². The number of phenols is 1. The van der Waals surface area contributed by atoms with Crippen LogP contribution in [0, 0.1) is 0 Å². The molecule has 0 unspecified atom stereocenters. The van der Waals surface area contributed by atoms with Crippen molar-refractivity contribution in [3.63, 3.8) is 0 Å². The maximum absolute atomic E-state index is 12.6. The van der Waals surface area contributed by atoms with Crippen LogP contribution >= 0.6 is 11.6 Å². The number of amides is 1. The van der Waals surface area contributed by atoms with E-state index in [0.717, 1.165) is 11.3 Å². The van der Waals surface area contributed by atoms with E-state index in [1.807, 2.05) is 29.1 Å². The lowest BCUT2D eigenvalue weighted by Crippen LogP contribution is -2.23. The minimum absolute atomic E-state index is 0.0432. The first-order valence-corrected chi connectivity index (χ1v) is 8.56. The molecular formula is C20H19ClN2O4. The molecule has 1 amide bonds. The van der Waals surface area contributed by atoms with Crippen LogP contribution < -0.4 is 14.8 Å². The average Bonchev–Trinajstić information content (AvgIpc) is 3.21. The molecule has 3 aromatic rings. The third-order valence-corrected chi connectivity index (χ3v) is 4.40. The highest BCUT2D eigenvalue weighted by molar-refractivity contribution is 6.33. The van der Waals surface area contributed by atoms with E-state index < -0.39 is 0 Å². The lowest BCUT2D eigenvalue weighted by Gasteiger charge is -2.14. The lowest BCUT2D eigenvalue weighted by molar-refractivity contribution is 0.0948. The van der Waals surface area contributed by atoms with Crippen molar-refractivity contribution in [1.29, 1.82) is 0 Å². The molecule has 2 N–H and O–H groups in total. The minimum Gasteiger partial charge on any atom is -0.504 e. The number of nitrogens with one attached hydrogen (secondary N) is 1. The fourth-order valence-corrected chi connectivity index (χ4v) is 2.95. The van der Waals surface area contributed by atoms with Crippen molar-refractivity contribution >= 4 is 17.5 Å². The first kappa shape index (κ1) is 18.7. The van der Waals surface area contributed by atoms with Crippen LogP contribution in [0.2, 0.25) is 5.02 Å². The van der Waals surface area contributed by atoms with Gasteiger partial charge in [-0.25, -0.2) is 0 Å². The SMILES string of the molecule is COc1cc(CNC(=O)c2cc(Cl)c(-n3cccc3)cc2OC)ccc1O. The van der Waals surface area contributed by atoms with E-state index in [1.54, 1.807) is 24.3 Å². The summed E-state index contributed by atoms with van der Waals surface area (Å²) in [4.78, 5) is 12.6. The number of rotatable bonds is 6. The van der Waals surface area contributed by atoms with Crippen LogP contribution in [0.1, 0.15) is 15.9 Å². The maximum Gasteiger partial charge on any atom is 0.255 e. The molecule has 27 heavy (non-hydrogen) atoms. The number of phenolic OH excluding ortho intramolecular Hbond substituents is 1. The predicted octanol–water partition coefficient (Wildman–Crippen LogP) is 3.78. The third kappa shape index (κ3) is 4.01. The first-order valence-electron chi connectivity index (χ1n) is 8.18. The molecule has 0 aliphatic carbocycles. The number of aromatic hydroxyl groups is 1. The molecule has 0 aliphatic heterocycles. The second-order valence-electron chi connectivity index (χ2n) is 5.78. The summed E-state index contributed by atoms with van der Waals surface area (Å²) in [6.45, 7) is 0.260. The first-order chi connectivity index (χ1) is 13.0. The van der Waals surface area contributed by atoms with Crippen molar-refractivity contribution in [2.45, 2.75) is 6.54 Å². The van der Waals surface area contributed by atoms with Gasteiger partial charge in [0.2, 0.25) is 0 Å². The van der Waals surface area contributed by atoms with E-state index >= 15 is 0 Å². The Morgan fingerprint density at radius 3 is 2.48 bits per heavy atom. The molecule has 0 bridgehead atoms. The normalized spacial score (nSPS) is 10.5. The van der Waals surface area contributed by atoms with Gasteiger partial charge in [0.15, 0.2) is 11.5 Å². The third-order valence-electron chi connectivity index (χ3n) is 4.09. The van der Waals surface area contributed by atoms with E-state index in [0.29, 0.717) is 22.1 Å². The van der Waals surface area contributed by atoms with Gasteiger partial charge in [0.1, 0.15) is 5.75 Å². The molecule has 6 nitrogen and oxygen atoms in total. The molecule has 0 fully saturated rings. The zero-order chi connectivity index (χ0) is 19.4. The molecule has 0 saturated heterocycles. The standard InChI is InChI=1S/C20H19ClN2O4/c1-26-18-11-16(23-7-3-4-8-23)15(21)10-14(18)20(25)22-12-13-5-6-17(24)19(9-13)27-2/h3-11,24H,12H2,1-2H3,(H,22,25). The van der Waals surface area contributed by atoms with Gasteiger partial charge >= 0.3 is 0 Å². The van der Waals surface area contributed by atoms with E-state index in [4.69, 9.17) is 21.1 Å². The number of carbonyl (C=O) groups is 1. The highest BCUT2D eigenvalue weighted by Crippen LogP contribution is 2.30. The van der Waals surface area contributed by atoms with Crippen molar-refractivity contribution in [3.05, 3.63) is 71.0 Å². The fraction of sp³-hybridized carbons (Fsp3) is 0.150. The van der Waals surface area contributed by atoms with E-state index in [-0.39, 0.29) is 18.2 Å². The molecule has 0 atom stereocenters. The molecule has 1 aromatic heterocycles. The smallest absolute Gasteiger partial charge is 0.255 e. The van der Waals surface area contributed by atoms with Crippen molar-refractivity contribution in [2.75, 3.05) is 14.2 Å². The summed E-state index contributed by atoms with van der Waals surface area (Å²) in [7, 11) is 2.97. The van der Waals surface area contributed by atoms with Crippen molar-refractivity contribution < 1.29 is 19.4 Å². The monoisotopic (exact) mass is 386 g/mol. The summed E-state index contributed by atoms with van der Waals surface area (Å²) in [5.74, 6) is 0.490. The number of carbonyl (C=O) groups excluding carboxylic acids is 1. The molecule has 3 rings (SSSR count). The number of hydrogen-bond donors (Lipinski definition) is 2. The Balaban J connectivity index is 1.81. The van der Waals surface area contributed by atoms with Crippen LogP contribution in [-0.2, 0) is 6.54 Å². The lowest BCUT2D eigenvalue weighted by atomic mass is 10.1. The Morgan fingerprint density at radius 1 is 1.11 bits per heavy atom. The van der Waals surface area contributed by atoms with E-state index in [2.05, 4.69) is 5.32 Å². The number of nitrogens with zero attached hydrogens (tertiary/aromatic N) is 1.